The predicted molar refractivity (Wildman–Crippen MR) is 116 cm³/mol. The molecule has 2 saturated heterocycles. The molecule has 2 N–H and O–H groups in total. The number of hydrogen-bond donors (Lipinski definition) is 2. The van der Waals surface area contributed by atoms with Gasteiger partial charge in [0.25, 0.3) is 0 Å². The van der Waals surface area contributed by atoms with Crippen LogP contribution in [-0.4, -0.2) is 56.9 Å². The molecule has 2 aliphatic heterocycles. The van der Waals surface area contributed by atoms with Gasteiger partial charge in [0.15, 0.2) is 5.13 Å². The molecule has 0 atom stereocenters. The number of carbonyl (C=O) groups excluding carboxylic acids is 2. The largest absolute Gasteiger partial charge is 0.331 e. The summed E-state index contributed by atoms with van der Waals surface area (Å²) in [6, 6.07) is 4.13. The van der Waals surface area contributed by atoms with E-state index in [-0.39, 0.29) is 17.5 Å². The van der Waals surface area contributed by atoms with Gasteiger partial charge in [-0.3, -0.25) is 14.7 Å². The van der Waals surface area contributed by atoms with E-state index in [4.69, 9.17) is 0 Å². The Balaban J connectivity index is 1.32. The van der Waals surface area contributed by atoms with Gasteiger partial charge in [-0.2, -0.15) is 0 Å². The van der Waals surface area contributed by atoms with Crippen LogP contribution in [0, 0.1) is 13.8 Å². The summed E-state index contributed by atoms with van der Waals surface area (Å²) in [5.41, 5.74) is 2.96. The summed E-state index contributed by atoms with van der Waals surface area (Å²) >= 11 is 1.52. The molecule has 2 aromatic rings. The number of thiazole rings is 1. The number of rotatable bonds is 5. The highest BCUT2D eigenvalue weighted by Crippen LogP contribution is 2.30. The first-order valence-electron chi connectivity index (χ1n) is 10.3. The highest BCUT2D eigenvalue weighted by atomic mass is 32.1. The van der Waals surface area contributed by atoms with Gasteiger partial charge in [-0.25, -0.2) is 9.78 Å². The van der Waals surface area contributed by atoms with Crippen molar-refractivity contribution in [3.8, 4) is 0 Å². The van der Waals surface area contributed by atoms with Crippen LogP contribution in [0.5, 0.6) is 0 Å². The van der Waals surface area contributed by atoms with Crippen molar-refractivity contribution in [2.45, 2.75) is 52.2 Å². The van der Waals surface area contributed by atoms with Crippen molar-refractivity contribution >= 4 is 28.4 Å². The lowest BCUT2D eigenvalue weighted by Gasteiger charge is -2.38. The van der Waals surface area contributed by atoms with Crippen LogP contribution in [0.4, 0.5) is 9.93 Å². The number of amides is 3. The zero-order valence-electron chi connectivity index (χ0n) is 17.7. The second-order valence-electron chi connectivity index (χ2n) is 8.41. The third-order valence-corrected chi connectivity index (χ3v) is 6.59. The minimum Gasteiger partial charge on any atom is -0.331 e. The normalized spacial score (nSPS) is 18.6. The van der Waals surface area contributed by atoms with Crippen LogP contribution in [0.15, 0.2) is 18.3 Å². The predicted octanol–water partition coefficient (Wildman–Crippen LogP) is 2.67. The Morgan fingerprint density at radius 3 is 2.60 bits per heavy atom. The van der Waals surface area contributed by atoms with E-state index in [1.54, 1.807) is 0 Å². The van der Waals surface area contributed by atoms with Crippen molar-refractivity contribution in [2.75, 3.05) is 25.0 Å². The SMILES string of the molecule is CC(=O)Nc1ncc(CN2CCC3(CC2)CN(Cc2cc(C)nc(C)c2)C(=O)N3)s1. The van der Waals surface area contributed by atoms with E-state index in [0.717, 1.165) is 60.8 Å². The van der Waals surface area contributed by atoms with Gasteiger partial charge in [0.05, 0.1) is 5.54 Å². The lowest BCUT2D eigenvalue weighted by molar-refractivity contribution is -0.114. The van der Waals surface area contributed by atoms with E-state index in [9.17, 15) is 9.59 Å². The maximum absolute atomic E-state index is 12.6. The van der Waals surface area contributed by atoms with E-state index in [0.29, 0.717) is 11.7 Å². The number of hydrogen-bond acceptors (Lipinski definition) is 6. The number of aryl methyl sites for hydroxylation is 2. The molecule has 160 valence electrons. The zero-order valence-corrected chi connectivity index (χ0v) is 18.5. The summed E-state index contributed by atoms with van der Waals surface area (Å²) in [6.45, 7) is 9.49. The van der Waals surface area contributed by atoms with Crippen LogP contribution in [-0.2, 0) is 17.9 Å². The van der Waals surface area contributed by atoms with Crippen molar-refractivity contribution < 1.29 is 9.59 Å². The summed E-state index contributed by atoms with van der Waals surface area (Å²) in [5, 5.41) is 6.64. The van der Waals surface area contributed by atoms with Gasteiger partial charge in [-0.05, 0) is 44.4 Å². The van der Waals surface area contributed by atoms with E-state index in [1.165, 1.54) is 18.3 Å². The highest BCUT2D eigenvalue weighted by molar-refractivity contribution is 7.15. The molecule has 4 heterocycles. The van der Waals surface area contributed by atoms with Gasteiger partial charge in [0.2, 0.25) is 5.91 Å². The number of aromatic nitrogens is 2. The second-order valence-corrected chi connectivity index (χ2v) is 9.53. The monoisotopic (exact) mass is 428 g/mol. The van der Waals surface area contributed by atoms with Gasteiger partial charge in [-0.15, -0.1) is 11.3 Å². The average molecular weight is 429 g/mol. The van der Waals surface area contributed by atoms with Gasteiger partial charge in [0, 0.05) is 62.1 Å². The van der Waals surface area contributed by atoms with Gasteiger partial charge in [-0.1, -0.05) is 0 Å². The summed E-state index contributed by atoms with van der Waals surface area (Å²) < 4.78 is 0. The maximum Gasteiger partial charge on any atom is 0.318 e. The fourth-order valence-corrected chi connectivity index (χ4v) is 5.28. The van der Waals surface area contributed by atoms with Crippen LogP contribution in [0.2, 0.25) is 0 Å². The summed E-state index contributed by atoms with van der Waals surface area (Å²) in [4.78, 5) is 37.9. The van der Waals surface area contributed by atoms with Crippen molar-refractivity contribution in [1.29, 1.82) is 0 Å². The Bertz CT molecular complexity index is 930. The number of likely N-dealkylation sites (tertiary alicyclic amines) is 1. The van der Waals surface area contributed by atoms with E-state index >= 15 is 0 Å². The van der Waals surface area contributed by atoms with E-state index in [1.807, 2.05) is 24.9 Å². The molecule has 0 bridgehead atoms. The molecule has 0 saturated carbocycles. The molecule has 0 aromatic carbocycles. The Labute approximate surface area is 180 Å². The molecular formula is C21H28N6O2S. The molecule has 2 fully saturated rings. The second kappa shape index (κ2) is 8.31. The fraction of sp³-hybridized carbons (Fsp3) is 0.524. The molecule has 0 radical (unpaired) electrons. The van der Waals surface area contributed by atoms with Crippen molar-refractivity contribution in [3.63, 3.8) is 0 Å². The highest BCUT2D eigenvalue weighted by Gasteiger charge is 2.44. The smallest absolute Gasteiger partial charge is 0.318 e. The first-order chi connectivity index (χ1) is 14.3. The van der Waals surface area contributed by atoms with Crippen LogP contribution in [0.25, 0.3) is 0 Å². The minimum absolute atomic E-state index is 0.0259. The van der Waals surface area contributed by atoms with Crippen molar-refractivity contribution in [1.82, 2.24) is 25.1 Å². The van der Waals surface area contributed by atoms with Gasteiger partial charge >= 0.3 is 6.03 Å². The molecule has 9 heteroatoms. The van der Waals surface area contributed by atoms with Crippen molar-refractivity contribution in [3.05, 3.63) is 40.2 Å². The fourth-order valence-electron chi connectivity index (χ4n) is 4.37. The van der Waals surface area contributed by atoms with E-state index in [2.05, 4.69) is 37.6 Å². The summed E-state index contributed by atoms with van der Waals surface area (Å²) in [5.74, 6) is -0.102. The maximum atomic E-state index is 12.6. The average Bonchev–Trinajstić information content (AvgIpc) is 3.20. The number of carbonyl (C=O) groups is 2. The third kappa shape index (κ3) is 4.79. The zero-order chi connectivity index (χ0) is 21.3. The Hall–Kier alpha value is -2.52. The Morgan fingerprint density at radius 2 is 1.93 bits per heavy atom. The first-order valence-corrected chi connectivity index (χ1v) is 11.1. The third-order valence-electron chi connectivity index (χ3n) is 5.70. The Morgan fingerprint density at radius 1 is 1.23 bits per heavy atom. The number of nitrogens with one attached hydrogen (secondary N) is 2. The van der Waals surface area contributed by atoms with Gasteiger partial charge in [0.1, 0.15) is 0 Å². The molecule has 0 aliphatic carbocycles. The number of nitrogens with zero attached hydrogens (tertiary/aromatic N) is 4. The topological polar surface area (TPSA) is 90.5 Å². The van der Waals surface area contributed by atoms with Crippen molar-refractivity contribution in [2.24, 2.45) is 0 Å². The first kappa shape index (κ1) is 20.7. The molecule has 2 aliphatic rings. The number of anilines is 1. The van der Waals surface area contributed by atoms with Crippen LogP contribution in [0.3, 0.4) is 0 Å². The molecule has 0 unspecified atom stereocenters. The quantitative estimate of drug-likeness (QED) is 0.764. The standard InChI is InChI=1S/C21H28N6O2S/c1-14-8-17(9-15(2)23-14)11-27-13-21(25-20(27)29)4-6-26(7-5-21)12-18-10-22-19(30-18)24-16(3)28/h8-10H,4-7,11-13H2,1-3H3,(H,25,29)(H,22,24,28). The molecule has 30 heavy (non-hydrogen) atoms. The summed E-state index contributed by atoms with van der Waals surface area (Å²) in [7, 11) is 0. The van der Waals surface area contributed by atoms with Crippen LogP contribution >= 0.6 is 11.3 Å². The number of piperidine rings is 1. The van der Waals surface area contributed by atoms with Crippen LogP contribution < -0.4 is 10.6 Å². The molecule has 3 amide bonds. The number of urea groups is 1. The van der Waals surface area contributed by atoms with E-state index < -0.39 is 0 Å². The Kier molecular flexibility index (Phi) is 5.75. The molecule has 8 nitrogen and oxygen atoms in total. The number of pyridine rings is 1. The lowest BCUT2D eigenvalue weighted by atomic mass is 9.88. The lowest BCUT2D eigenvalue weighted by Crippen LogP contribution is -2.52. The molecule has 2 aromatic heterocycles. The summed E-state index contributed by atoms with van der Waals surface area (Å²) in [6.07, 6.45) is 3.69. The molecular weight excluding hydrogens is 400 g/mol. The van der Waals surface area contributed by atoms with Crippen LogP contribution in [0.1, 0.15) is 41.6 Å². The van der Waals surface area contributed by atoms with Gasteiger partial charge < -0.3 is 15.5 Å². The molecule has 1 spiro atoms. The minimum atomic E-state index is -0.139. The molecule has 4 rings (SSSR count).